The minimum atomic E-state index is -0.160. The molecule has 0 spiro atoms. The lowest BCUT2D eigenvalue weighted by Gasteiger charge is -2.37. The molecule has 0 heterocycles. The summed E-state index contributed by atoms with van der Waals surface area (Å²) in [5.41, 5.74) is 1.25. The number of nitrogens with one attached hydrogen (secondary N) is 1. The topological polar surface area (TPSA) is 32.3 Å². The van der Waals surface area contributed by atoms with Crippen molar-refractivity contribution in [1.82, 2.24) is 5.32 Å². The third-order valence-corrected chi connectivity index (χ3v) is 4.29. The van der Waals surface area contributed by atoms with Crippen molar-refractivity contribution in [3.8, 4) is 0 Å². The number of rotatable bonds is 7. The molecule has 3 heteroatoms. The standard InChI is InChI=1S/C16H24FNO/c1-2-12(7-8-19)11-18-16-9-14(10-16)13-3-5-15(17)6-4-13/h3-6,12,14,16,18-19H,2,7-11H2,1H3. The van der Waals surface area contributed by atoms with Crippen molar-refractivity contribution in [3.63, 3.8) is 0 Å². The molecule has 2 nitrogen and oxygen atoms in total. The van der Waals surface area contributed by atoms with E-state index in [9.17, 15) is 4.39 Å². The van der Waals surface area contributed by atoms with Gasteiger partial charge in [-0.1, -0.05) is 25.5 Å². The highest BCUT2D eigenvalue weighted by atomic mass is 19.1. The zero-order chi connectivity index (χ0) is 13.7. The van der Waals surface area contributed by atoms with E-state index in [4.69, 9.17) is 5.11 Å². The van der Waals surface area contributed by atoms with E-state index >= 15 is 0 Å². The number of halogens is 1. The van der Waals surface area contributed by atoms with Gasteiger partial charge in [-0.25, -0.2) is 4.39 Å². The molecule has 2 rings (SSSR count). The molecule has 0 bridgehead atoms. The van der Waals surface area contributed by atoms with E-state index in [1.54, 1.807) is 12.1 Å². The highest BCUT2D eigenvalue weighted by Gasteiger charge is 2.30. The van der Waals surface area contributed by atoms with Crippen LogP contribution in [0.1, 0.15) is 44.1 Å². The van der Waals surface area contributed by atoms with E-state index in [0.717, 1.165) is 32.2 Å². The molecule has 0 aromatic heterocycles. The van der Waals surface area contributed by atoms with Gasteiger partial charge in [-0.3, -0.25) is 0 Å². The van der Waals surface area contributed by atoms with E-state index < -0.39 is 0 Å². The molecule has 1 aromatic rings. The van der Waals surface area contributed by atoms with Crippen molar-refractivity contribution in [2.45, 2.75) is 44.6 Å². The molecule has 106 valence electrons. The van der Waals surface area contributed by atoms with Crippen molar-refractivity contribution in [2.24, 2.45) is 5.92 Å². The lowest BCUT2D eigenvalue weighted by atomic mass is 9.75. The molecule has 2 N–H and O–H groups in total. The Labute approximate surface area is 115 Å². The van der Waals surface area contributed by atoms with Crippen LogP contribution >= 0.6 is 0 Å². The molecule has 1 saturated carbocycles. The van der Waals surface area contributed by atoms with Gasteiger partial charge in [0.05, 0.1) is 0 Å². The summed E-state index contributed by atoms with van der Waals surface area (Å²) in [4.78, 5) is 0. The third-order valence-electron chi connectivity index (χ3n) is 4.29. The Morgan fingerprint density at radius 3 is 2.58 bits per heavy atom. The summed E-state index contributed by atoms with van der Waals surface area (Å²) in [7, 11) is 0. The van der Waals surface area contributed by atoms with E-state index in [2.05, 4.69) is 12.2 Å². The van der Waals surface area contributed by atoms with Crippen molar-refractivity contribution in [2.75, 3.05) is 13.2 Å². The predicted octanol–water partition coefficient (Wildman–Crippen LogP) is 3.07. The van der Waals surface area contributed by atoms with Crippen LogP contribution in [0.2, 0.25) is 0 Å². The molecule has 1 unspecified atom stereocenters. The first-order chi connectivity index (χ1) is 9.22. The summed E-state index contributed by atoms with van der Waals surface area (Å²) in [5.74, 6) is 0.999. The normalized spacial score (nSPS) is 23.9. The predicted molar refractivity (Wildman–Crippen MR) is 75.6 cm³/mol. The number of aliphatic hydroxyl groups is 1. The molecule has 1 aliphatic rings. The second-order valence-electron chi connectivity index (χ2n) is 5.61. The largest absolute Gasteiger partial charge is 0.396 e. The summed E-state index contributed by atoms with van der Waals surface area (Å²) < 4.78 is 12.8. The molecular formula is C16H24FNO. The second-order valence-corrected chi connectivity index (χ2v) is 5.61. The summed E-state index contributed by atoms with van der Waals surface area (Å²) in [6, 6.07) is 7.48. The number of benzene rings is 1. The van der Waals surface area contributed by atoms with E-state index in [1.165, 1.54) is 5.56 Å². The van der Waals surface area contributed by atoms with Crippen molar-refractivity contribution in [3.05, 3.63) is 35.6 Å². The summed E-state index contributed by atoms with van der Waals surface area (Å²) in [5, 5.41) is 12.5. The highest BCUT2D eigenvalue weighted by molar-refractivity contribution is 5.23. The average molecular weight is 265 g/mol. The lowest BCUT2D eigenvalue weighted by Crippen LogP contribution is -2.42. The van der Waals surface area contributed by atoms with Crippen LogP contribution in [-0.4, -0.2) is 24.3 Å². The summed E-state index contributed by atoms with van der Waals surface area (Å²) in [6.07, 6.45) is 4.28. The smallest absolute Gasteiger partial charge is 0.123 e. The Balaban J connectivity index is 1.70. The second kappa shape index (κ2) is 7.01. The van der Waals surface area contributed by atoms with Crippen LogP contribution in [0.5, 0.6) is 0 Å². The Hall–Kier alpha value is -0.930. The fraction of sp³-hybridized carbons (Fsp3) is 0.625. The first kappa shape index (κ1) is 14.5. The van der Waals surface area contributed by atoms with Gasteiger partial charge < -0.3 is 10.4 Å². The van der Waals surface area contributed by atoms with Crippen LogP contribution in [0.3, 0.4) is 0 Å². The van der Waals surface area contributed by atoms with Gasteiger partial charge in [0.1, 0.15) is 5.82 Å². The lowest BCUT2D eigenvalue weighted by molar-refractivity contribution is 0.231. The molecule has 1 aromatic carbocycles. The van der Waals surface area contributed by atoms with Gasteiger partial charge in [-0.05, 0) is 55.3 Å². The van der Waals surface area contributed by atoms with E-state index in [1.807, 2.05) is 12.1 Å². The van der Waals surface area contributed by atoms with Crippen molar-refractivity contribution >= 4 is 0 Å². The molecule has 0 saturated heterocycles. The third kappa shape index (κ3) is 4.02. The van der Waals surface area contributed by atoms with Crippen LogP contribution in [0.15, 0.2) is 24.3 Å². The van der Waals surface area contributed by atoms with Gasteiger partial charge in [-0.2, -0.15) is 0 Å². The molecule has 19 heavy (non-hydrogen) atoms. The van der Waals surface area contributed by atoms with Crippen molar-refractivity contribution < 1.29 is 9.50 Å². The number of hydrogen-bond acceptors (Lipinski definition) is 2. The number of aliphatic hydroxyl groups excluding tert-OH is 1. The summed E-state index contributed by atoms with van der Waals surface area (Å²) in [6.45, 7) is 3.45. The van der Waals surface area contributed by atoms with E-state index in [0.29, 0.717) is 17.9 Å². The minimum Gasteiger partial charge on any atom is -0.396 e. The van der Waals surface area contributed by atoms with Crippen LogP contribution in [-0.2, 0) is 0 Å². The highest BCUT2D eigenvalue weighted by Crippen LogP contribution is 2.36. The molecule has 0 radical (unpaired) electrons. The average Bonchev–Trinajstić information content (AvgIpc) is 2.37. The molecule has 1 atom stereocenters. The maximum Gasteiger partial charge on any atom is 0.123 e. The van der Waals surface area contributed by atoms with Crippen LogP contribution in [0, 0.1) is 11.7 Å². The maximum atomic E-state index is 12.8. The van der Waals surface area contributed by atoms with Gasteiger partial charge in [-0.15, -0.1) is 0 Å². The van der Waals surface area contributed by atoms with Crippen LogP contribution < -0.4 is 5.32 Å². The van der Waals surface area contributed by atoms with Gasteiger partial charge >= 0.3 is 0 Å². The summed E-state index contributed by atoms with van der Waals surface area (Å²) >= 11 is 0. The Kier molecular flexibility index (Phi) is 5.34. The fourth-order valence-electron chi connectivity index (χ4n) is 2.76. The van der Waals surface area contributed by atoms with Gasteiger partial charge in [0.2, 0.25) is 0 Å². The molecule has 1 fully saturated rings. The van der Waals surface area contributed by atoms with Crippen molar-refractivity contribution in [1.29, 1.82) is 0 Å². The quantitative estimate of drug-likeness (QED) is 0.794. The van der Waals surface area contributed by atoms with Gasteiger partial charge in [0.15, 0.2) is 0 Å². The minimum absolute atomic E-state index is 0.160. The number of hydrogen-bond donors (Lipinski definition) is 2. The first-order valence-corrected chi connectivity index (χ1v) is 7.32. The monoisotopic (exact) mass is 265 g/mol. The zero-order valence-corrected chi connectivity index (χ0v) is 11.6. The Morgan fingerprint density at radius 2 is 2.00 bits per heavy atom. The first-order valence-electron chi connectivity index (χ1n) is 7.32. The zero-order valence-electron chi connectivity index (χ0n) is 11.6. The molecule has 1 aliphatic carbocycles. The molecule has 0 amide bonds. The van der Waals surface area contributed by atoms with Gasteiger partial charge in [0.25, 0.3) is 0 Å². The fourth-order valence-corrected chi connectivity index (χ4v) is 2.76. The Morgan fingerprint density at radius 1 is 1.32 bits per heavy atom. The Bertz CT molecular complexity index is 373. The SMILES string of the molecule is CCC(CCO)CNC1CC(c2ccc(F)cc2)C1. The maximum absolute atomic E-state index is 12.8. The van der Waals surface area contributed by atoms with Crippen LogP contribution in [0.25, 0.3) is 0 Å². The van der Waals surface area contributed by atoms with E-state index in [-0.39, 0.29) is 12.4 Å². The van der Waals surface area contributed by atoms with Crippen LogP contribution in [0.4, 0.5) is 4.39 Å². The van der Waals surface area contributed by atoms with Gasteiger partial charge in [0, 0.05) is 12.6 Å². The molecule has 0 aliphatic heterocycles. The molecular weight excluding hydrogens is 241 g/mol.